The number of carboxylic acid groups (broad SMARTS) is 1. The molecule has 1 aliphatic rings. The summed E-state index contributed by atoms with van der Waals surface area (Å²) in [5, 5.41) is 9.57. The van der Waals surface area contributed by atoms with E-state index < -0.39 is 11.4 Å². The van der Waals surface area contributed by atoms with Crippen LogP contribution in [0.5, 0.6) is 0 Å². The summed E-state index contributed by atoms with van der Waals surface area (Å²) in [4.78, 5) is 11.6. The topological polar surface area (TPSA) is 37.3 Å². The molecule has 0 heterocycles. The number of hydrogen-bond acceptors (Lipinski definition) is 1. The summed E-state index contributed by atoms with van der Waals surface area (Å²) >= 11 is 3.58. The van der Waals surface area contributed by atoms with E-state index in [0.29, 0.717) is 5.92 Å². The Kier molecular flexibility index (Phi) is 3.81. The fraction of sp³-hybridized carbons (Fsp3) is 0.533. The molecular weight excluding hydrogens is 292 g/mol. The number of carbonyl (C=O) groups is 1. The van der Waals surface area contributed by atoms with Crippen molar-refractivity contribution in [2.75, 3.05) is 0 Å². The monoisotopic (exact) mass is 310 g/mol. The maximum Gasteiger partial charge on any atom is 0.314 e. The first-order valence-electron chi connectivity index (χ1n) is 6.51. The summed E-state index contributed by atoms with van der Waals surface area (Å²) in [6.45, 7) is 4.28. The third-order valence-electron chi connectivity index (χ3n) is 4.04. The quantitative estimate of drug-likeness (QED) is 0.894. The number of benzene rings is 1. The average Bonchev–Trinajstić information content (AvgIpc) is 2.78. The molecule has 0 unspecified atom stereocenters. The van der Waals surface area contributed by atoms with Gasteiger partial charge in [-0.2, -0.15) is 0 Å². The average molecular weight is 311 g/mol. The van der Waals surface area contributed by atoms with Crippen LogP contribution in [-0.2, 0) is 10.2 Å². The minimum absolute atomic E-state index is 0.442. The number of aliphatic carboxylic acids is 1. The Hall–Kier alpha value is -0.830. The molecule has 0 bridgehead atoms. The lowest BCUT2D eigenvalue weighted by molar-refractivity contribution is -0.143. The van der Waals surface area contributed by atoms with Gasteiger partial charge in [0.25, 0.3) is 0 Å². The normalized spacial score (nSPS) is 18.2. The molecular formula is C15H19BrO2. The zero-order valence-corrected chi connectivity index (χ0v) is 12.5. The first-order chi connectivity index (χ1) is 8.47. The van der Waals surface area contributed by atoms with Gasteiger partial charge in [0.15, 0.2) is 0 Å². The van der Waals surface area contributed by atoms with Gasteiger partial charge in [-0.1, -0.05) is 54.8 Å². The van der Waals surface area contributed by atoms with E-state index in [2.05, 4.69) is 35.8 Å². The van der Waals surface area contributed by atoms with Gasteiger partial charge in [0, 0.05) is 4.47 Å². The Morgan fingerprint density at radius 2 is 1.94 bits per heavy atom. The zero-order chi connectivity index (χ0) is 13.3. The van der Waals surface area contributed by atoms with Gasteiger partial charge in [-0.15, -0.1) is 0 Å². The van der Waals surface area contributed by atoms with Crippen LogP contribution < -0.4 is 0 Å². The lowest BCUT2D eigenvalue weighted by Crippen LogP contribution is -2.32. The second-order valence-electron chi connectivity index (χ2n) is 5.49. The molecule has 1 N–H and O–H groups in total. The van der Waals surface area contributed by atoms with Crippen LogP contribution >= 0.6 is 15.9 Å². The highest BCUT2D eigenvalue weighted by Gasteiger charge is 2.43. The van der Waals surface area contributed by atoms with Crippen molar-refractivity contribution >= 4 is 21.9 Å². The molecule has 2 nitrogen and oxygen atoms in total. The van der Waals surface area contributed by atoms with Gasteiger partial charge in [-0.05, 0) is 36.0 Å². The van der Waals surface area contributed by atoms with E-state index in [0.717, 1.165) is 35.7 Å². The first-order valence-corrected chi connectivity index (χ1v) is 7.30. The van der Waals surface area contributed by atoms with Crippen LogP contribution in [0.3, 0.4) is 0 Å². The molecule has 98 valence electrons. The summed E-state index contributed by atoms with van der Waals surface area (Å²) in [5.41, 5.74) is 1.53. The summed E-state index contributed by atoms with van der Waals surface area (Å²) in [7, 11) is 0. The third kappa shape index (κ3) is 2.20. The Balaban J connectivity index is 2.44. The van der Waals surface area contributed by atoms with Crippen molar-refractivity contribution in [1.29, 1.82) is 0 Å². The second-order valence-corrected chi connectivity index (χ2v) is 6.34. The number of rotatable bonds is 3. The molecule has 0 saturated heterocycles. The molecule has 1 fully saturated rings. The van der Waals surface area contributed by atoms with Crippen molar-refractivity contribution in [2.24, 2.45) is 0 Å². The maximum absolute atomic E-state index is 11.6. The van der Waals surface area contributed by atoms with Gasteiger partial charge < -0.3 is 5.11 Å². The van der Waals surface area contributed by atoms with Crippen LogP contribution in [0.2, 0.25) is 0 Å². The van der Waals surface area contributed by atoms with E-state index in [9.17, 15) is 9.90 Å². The SMILES string of the molecule is CC(C)c1ccc(C2(C(=O)O)CCCC2)cc1Br. The molecule has 1 aromatic rings. The fourth-order valence-electron chi connectivity index (χ4n) is 2.90. The summed E-state index contributed by atoms with van der Waals surface area (Å²) in [6, 6.07) is 6.07. The predicted molar refractivity (Wildman–Crippen MR) is 76.0 cm³/mol. The Morgan fingerprint density at radius 3 is 2.39 bits per heavy atom. The van der Waals surface area contributed by atoms with Crippen molar-refractivity contribution in [3.8, 4) is 0 Å². The van der Waals surface area contributed by atoms with Gasteiger partial charge in [0.2, 0.25) is 0 Å². The highest BCUT2D eigenvalue weighted by molar-refractivity contribution is 9.10. The van der Waals surface area contributed by atoms with E-state index in [1.807, 2.05) is 12.1 Å². The highest BCUT2D eigenvalue weighted by Crippen LogP contribution is 2.42. The molecule has 0 aliphatic heterocycles. The smallest absolute Gasteiger partial charge is 0.314 e. The molecule has 1 aromatic carbocycles. The van der Waals surface area contributed by atoms with E-state index in [1.165, 1.54) is 5.56 Å². The van der Waals surface area contributed by atoms with Crippen LogP contribution in [0, 0.1) is 0 Å². The molecule has 0 amide bonds. The Morgan fingerprint density at radius 1 is 1.33 bits per heavy atom. The Labute approximate surface area is 117 Å². The minimum atomic E-state index is -0.677. The van der Waals surface area contributed by atoms with Gasteiger partial charge in [-0.25, -0.2) is 0 Å². The molecule has 3 heteroatoms. The van der Waals surface area contributed by atoms with Crippen molar-refractivity contribution in [3.05, 3.63) is 33.8 Å². The largest absolute Gasteiger partial charge is 0.481 e. The van der Waals surface area contributed by atoms with Crippen molar-refractivity contribution < 1.29 is 9.90 Å². The van der Waals surface area contributed by atoms with Crippen LogP contribution in [-0.4, -0.2) is 11.1 Å². The highest BCUT2D eigenvalue weighted by atomic mass is 79.9. The van der Waals surface area contributed by atoms with E-state index in [4.69, 9.17) is 0 Å². The molecule has 2 rings (SSSR count). The van der Waals surface area contributed by atoms with Crippen molar-refractivity contribution in [2.45, 2.75) is 50.9 Å². The van der Waals surface area contributed by atoms with Gasteiger partial charge in [0.1, 0.15) is 0 Å². The molecule has 1 saturated carbocycles. The fourth-order valence-corrected chi connectivity index (χ4v) is 3.73. The number of carboxylic acids is 1. The van der Waals surface area contributed by atoms with Crippen LogP contribution in [0.4, 0.5) is 0 Å². The maximum atomic E-state index is 11.6. The second kappa shape index (κ2) is 5.04. The van der Waals surface area contributed by atoms with E-state index in [-0.39, 0.29) is 0 Å². The van der Waals surface area contributed by atoms with Gasteiger partial charge in [-0.3, -0.25) is 4.79 Å². The molecule has 18 heavy (non-hydrogen) atoms. The summed E-state index contributed by atoms with van der Waals surface area (Å²) < 4.78 is 1.03. The Bertz CT molecular complexity index is 460. The van der Waals surface area contributed by atoms with Crippen molar-refractivity contribution in [3.63, 3.8) is 0 Å². The first kappa shape index (κ1) is 13.6. The molecule has 0 aromatic heterocycles. The van der Waals surface area contributed by atoms with Crippen molar-refractivity contribution in [1.82, 2.24) is 0 Å². The standard InChI is InChI=1S/C15H19BrO2/c1-10(2)12-6-5-11(9-13(12)16)15(14(17)18)7-3-4-8-15/h5-6,9-10H,3-4,7-8H2,1-2H3,(H,17,18). The third-order valence-corrected chi connectivity index (χ3v) is 4.73. The molecule has 0 radical (unpaired) electrons. The molecule has 0 atom stereocenters. The van der Waals surface area contributed by atoms with Gasteiger partial charge in [0.05, 0.1) is 5.41 Å². The molecule has 0 spiro atoms. The van der Waals surface area contributed by atoms with Crippen LogP contribution in [0.25, 0.3) is 0 Å². The lowest BCUT2D eigenvalue weighted by Gasteiger charge is -2.25. The number of hydrogen-bond donors (Lipinski definition) is 1. The van der Waals surface area contributed by atoms with E-state index in [1.54, 1.807) is 0 Å². The van der Waals surface area contributed by atoms with Crippen LogP contribution in [0.15, 0.2) is 22.7 Å². The lowest BCUT2D eigenvalue weighted by atomic mass is 9.78. The van der Waals surface area contributed by atoms with Crippen LogP contribution in [0.1, 0.15) is 56.6 Å². The summed E-state index contributed by atoms with van der Waals surface area (Å²) in [5.74, 6) is -0.234. The zero-order valence-electron chi connectivity index (χ0n) is 10.9. The summed E-state index contributed by atoms with van der Waals surface area (Å²) in [6.07, 6.45) is 3.54. The molecule has 1 aliphatic carbocycles. The van der Waals surface area contributed by atoms with E-state index >= 15 is 0 Å². The number of halogens is 1. The minimum Gasteiger partial charge on any atom is -0.481 e. The van der Waals surface area contributed by atoms with Gasteiger partial charge >= 0.3 is 5.97 Å². The predicted octanol–water partition coefficient (Wildman–Crippen LogP) is 4.47.